The minimum Gasteiger partial charge on any atom is -0.302 e. The van der Waals surface area contributed by atoms with Gasteiger partial charge < -0.3 is 4.90 Å². The zero-order chi connectivity index (χ0) is 13.1. The number of carbonyl (C=O) groups is 2. The Morgan fingerprint density at radius 3 is 2.06 bits per heavy atom. The number of nitrogens with zero attached hydrogens (tertiary/aromatic N) is 2. The second-order valence-corrected chi connectivity index (χ2v) is 5.01. The van der Waals surface area contributed by atoms with Gasteiger partial charge in [-0.05, 0) is 25.9 Å². The van der Waals surface area contributed by atoms with Gasteiger partial charge in [0.1, 0.15) is 0 Å². The van der Waals surface area contributed by atoms with Gasteiger partial charge >= 0.3 is 0 Å². The fourth-order valence-corrected chi connectivity index (χ4v) is 2.87. The SMILES string of the molecule is CCN(CC)CCN1C(=O)[C@H]2CC=CC[C@@H]2C1=O. The number of amides is 2. The molecule has 0 saturated carbocycles. The number of carbonyl (C=O) groups excluding carboxylic acids is 2. The van der Waals surface area contributed by atoms with Crippen molar-refractivity contribution in [3.63, 3.8) is 0 Å². The number of likely N-dealkylation sites (tertiary alicyclic amines) is 1. The molecule has 0 radical (unpaired) electrons. The standard InChI is InChI=1S/C14H22N2O2/c1-3-15(4-2)9-10-16-13(17)11-7-5-6-8-12(11)14(16)18/h5-6,11-12H,3-4,7-10H2,1-2H3/t11-,12-/m0/s1. The maximum atomic E-state index is 12.2. The molecule has 1 heterocycles. The minimum atomic E-state index is -0.0841. The molecule has 0 aromatic rings. The van der Waals surface area contributed by atoms with E-state index in [2.05, 4.69) is 18.7 Å². The summed E-state index contributed by atoms with van der Waals surface area (Å²) in [5, 5.41) is 0. The molecule has 4 heteroatoms. The lowest BCUT2D eigenvalue weighted by Crippen LogP contribution is -2.38. The highest BCUT2D eigenvalue weighted by Crippen LogP contribution is 2.34. The zero-order valence-electron chi connectivity index (χ0n) is 11.3. The van der Waals surface area contributed by atoms with Crippen LogP contribution >= 0.6 is 0 Å². The Morgan fingerprint density at radius 2 is 1.61 bits per heavy atom. The van der Waals surface area contributed by atoms with E-state index in [9.17, 15) is 9.59 Å². The first kappa shape index (κ1) is 13.3. The van der Waals surface area contributed by atoms with Gasteiger partial charge in [-0.1, -0.05) is 26.0 Å². The highest BCUT2D eigenvalue weighted by Gasteiger charge is 2.46. The summed E-state index contributed by atoms with van der Waals surface area (Å²) in [5.41, 5.74) is 0. The summed E-state index contributed by atoms with van der Waals surface area (Å²) in [6.45, 7) is 7.45. The van der Waals surface area contributed by atoms with Gasteiger partial charge in [-0.2, -0.15) is 0 Å². The number of hydrogen-bond donors (Lipinski definition) is 0. The molecule has 2 amide bonds. The molecule has 1 aliphatic heterocycles. The van der Waals surface area contributed by atoms with Crippen molar-refractivity contribution < 1.29 is 9.59 Å². The van der Waals surface area contributed by atoms with E-state index in [1.54, 1.807) is 0 Å². The maximum Gasteiger partial charge on any atom is 0.233 e. The largest absolute Gasteiger partial charge is 0.302 e. The lowest BCUT2D eigenvalue weighted by Gasteiger charge is -2.22. The molecular formula is C14H22N2O2. The van der Waals surface area contributed by atoms with Gasteiger partial charge in [0.05, 0.1) is 11.8 Å². The molecule has 1 aliphatic carbocycles. The third kappa shape index (κ3) is 2.34. The number of likely N-dealkylation sites (N-methyl/N-ethyl adjacent to an activating group) is 1. The fourth-order valence-electron chi connectivity index (χ4n) is 2.87. The first-order valence-corrected chi connectivity index (χ1v) is 6.91. The third-order valence-electron chi connectivity index (χ3n) is 4.13. The molecule has 0 bridgehead atoms. The average molecular weight is 250 g/mol. The van der Waals surface area contributed by atoms with Gasteiger partial charge in [-0.15, -0.1) is 0 Å². The molecule has 0 aromatic carbocycles. The van der Waals surface area contributed by atoms with Crippen molar-refractivity contribution in [2.45, 2.75) is 26.7 Å². The topological polar surface area (TPSA) is 40.6 Å². The highest BCUT2D eigenvalue weighted by atomic mass is 16.2. The molecule has 0 aromatic heterocycles. The van der Waals surface area contributed by atoms with Crippen molar-refractivity contribution in [2.75, 3.05) is 26.2 Å². The number of rotatable bonds is 5. The monoisotopic (exact) mass is 250 g/mol. The Balaban J connectivity index is 1.98. The molecule has 1 fully saturated rings. The summed E-state index contributed by atoms with van der Waals surface area (Å²) < 4.78 is 0. The molecule has 2 aliphatic rings. The molecule has 0 spiro atoms. The van der Waals surface area contributed by atoms with Crippen LogP contribution in [-0.2, 0) is 9.59 Å². The van der Waals surface area contributed by atoms with E-state index in [1.807, 2.05) is 12.2 Å². The van der Waals surface area contributed by atoms with Crippen molar-refractivity contribution >= 4 is 11.8 Å². The molecule has 18 heavy (non-hydrogen) atoms. The molecule has 100 valence electrons. The third-order valence-corrected chi connectivity index (χ3v) is 4.13. The van der Waals surface area contributed by atoms with Crippen LogP contribution in [0.5, 0.6) is 0 Å². The average Bonchev–Trinajstić information content (AvgIpc) is 2.65. The lowest BCUT2D eigenvalue weighted by molar-refractivity contribution is -0.140. The second-order valence-electron chi connectivity index (χ2n) is 5.01. The van der Waals surface area contributed by atoms with E-state index < -0.39 is 0 Å². The Labute approximate surface area is 109 Å². The summed E-state index contributed by atoms with van der Waals surface area (Å²) >= 11 is 0. The fraction of sp³-hybridized carbons (Fsp3) is 0.714. The molecule has 0 unspecified atom stereocenters. The van der Waals surface area contributed by atoms with Crippen LogP contribution in [0.1, 0.15) is 26.7 Å². The maximum absolute atomic E-state index is 12.2. The van der Waals surface area contributed by atoms with Crippen LogP contribution in [0.2, 0.25) is 0 Å². The van der Waals surface area contributed by atoms with Crippen LogP contribution in [-0.4, -0.2) is 47.8 Å². The Bertz CT molecular complexity index is 335. The predicted octanol–water partition coefficient (Wildman–Crippen LogP) is 1.28. The number of imide groups is 1. The number of hydrogen-bond acceptors (Lipinski definition) is 3. The highest BCUT2D eigenvalue weighted by molar-refractivity contribution is 6.05. The van der Waals surface area contributed by atoms with E-state index in [-0.39, 0.29) is 23.7 Å². The second kappa shape index (κ2) is 5.65. The van der Waals surface area contributed by atoms with Crippen LogP contribution < -0.4 is 0 Å². The van der Waals surface area contributed by atoms with Gasteiger partial charge in [0, 0.05) is 13.1 Å². The van der Waals surface area contributed by atoms with Crippen molar-refractivity contribution in [1.82, 2.24) is 9.80 Å². The molecule has 4 nitrogen and oxygen atoms in total. The zero-order valence-corrected chi connectivity index (χ0v) is 11.3. The smallest absolute Gasteiger partial charge is 0.233 e. The molecule has 2 atom stereocenters. The van der Waals surface area contributed by atoms with Gasteiger partial charge in [0.25, 0.3) is 0 Å². The van der Waals surface area contributed by atoms with Crippen molar-refractivity contribution in [3.8, 4) is 0 Å². The Morgan fingerprint density at radius 1 is 1.11 bits per heavy atom. The van der Waals surface area contributed by atoms with Gasteiger partial charge in [-0.3, -0.25) is 14.5 Å². The van der Waals surface area contributed by atoms with E-state index >= 15 is 0 Å². The van der Waals surface area contributed by atoms with Crippen molar-refractivity contribution in [3.05, 3.63) is 12.2 Å². The minimum absolute atomic E-state index is 0.0431. The van der Waals surface area contributed by atoms with Crippen LogP contribution in [0, 0.1) is 11.8 Å². The Hall–Kier alpha value is -1.16. The molecule has 2 rings (SSSR count). The molecule has 1 saturated heterocycles. The van der Waals surface area contributed by atoms with Gasteiger partial charge in [-0.25, -0.2) is 0 Å². The first-order chi connectivity index (χ1) is 8.69. The van der Waals surface area contributed by atoms with Crippen LogP contribution in [0.4, 0.5) is 0 Å². The summed E-state index contributed by atoms with van der Waals surface area (Å²) in [5.74, 6) is -0.0820. The summed E-state index contributed by atoms with van der Waals surface area (Å²) in [6, 6.07) is 0. The summed E-state index contributed by atoms with van der Waals surface area (Å²) in [6.07, 6.45) is 5.52. The van der Waals surface area contributed by atoms with Crippen LogP contribution in [0.15, 0.2) is 12.2 Å². The number of fused-ring (bicyclic) bond motifs is 1. The quantitative estimate of drug-likeness (QED) is 0.545. The first-order valence-electron chi connectivity index (χ1n) is 6.91. The molecule has 0 N–H and O–H groups in total. The molecular weight excluding hydrogens is 228 g/mol. The Kier molecular flexibility index (Phi) is 4.17. The lowest BCUT2D eigenvalue weighted by atomic mass is 9.85. The van der Waals surface area contributed by atoms with E-state index in [4.69, 9.17) is 0 Å². The van der Waals surface area contributed by atoms with Crippen LogP contribution in [0.25, 0.3) is 0 Å². The van der Waals surface area contributed by atoms with E-state index in [0.717, 1.165) is 32.5 Å². The number of allylic oxidation sites excluding steroid dienone is 2. The normalized spacial score (nSPS) is 27.2. The van der Waals surface area contributed by atoms with Crippen LogP contribution in [0.3, 0.4) is 0 Å². The van der Waals surface area contributed by atoms with Crippen molar-refractivity contribution in [2.24, 2.45) is 11.8 Å². The summed E-state index contributed by atoms with van der Waals surface area (Å²) in [4.78, 5) is 28.1. The van der Waals surface area contributed by atoms with E-state index in [0.29, 0.717) is 6.54 Å². The van der Waals surface area contributed by atoms with Gasteiger partial charge in [0.2, 0.25) is 11.8 Å². The van der Waals surface area contributed by atoms with Gasteiger partial charge in [0.15, 0.2) is 0 Å². The van der Waals surface area contributed by atoms with Crippen molar-refractivity contribution in [1.29, 1.82) is 0 Å². The predicted molar refractivity (Wildman–Crippen MR) is 69.9 cm³/mol. The summed E-state index contributed by atoms with van der Waals surface area (Å²) in [7, 11) is 0. The van der Waals surface area contributed by atoms with E-state index in [1.165, 1.54) is 4.90 Å².